The molecule has 0 aliphatic heterocycles. The van der Waals surface area contributed by atoms with Gasteiger partial charge in [0.25, 0.3) is 0 Å². The topological polar surface area (TPSA) is 55.8 Å². The third-order valence-electron chi connectivity index (χ3n) is 2.37. The molecule has 1 aromatic carbocycles. The lowest BCUT2D eigenvalue weighted by molar-refractivity contribution is 0.0692. The standard InChI is InChI=1S/C13H16O4/c1-8(2)16-10-5-6-11(13(14)15)12(7-10)17-9-3-4-9/h5-9H,3-4H2,1-2H3,(H,14,15). The van der Waals surface area contributed by atoms with Crippen LogP contribution in [-0.2, 0) is 0 Å². The molecule has 0 atom stereocenters. The van der Waals surface area contributed by atoms with Gasteiger partial charge in [-0.25, -0.2) is 4.79 Å². The molecule has 1 aromatic rings. The molecule has 2 rings (SSSR count). The molecule has 0 spiro atoms. The van der Waals surface area contributed by atoms with E-state index in [9.17, 15) is 4.79 Å². The van der Waals surface area contributed by atoms with Crippen LogP contribution in [0.25, 0.3) is 0 Å². The van der Waals surface area contributed by atoms with Gasteiger partial charge in [-0.05, 0) is 38.8 Å². The van der Waals surface area contributed by atoms with Crippen LogP contribution < -0.4 is 9.47 Å². The second kappa shape index (κ2) is 4.65. The number of rotatable bonds is 5. The van der Waals surface area contributed by atoms with Gasteiger partial charge in [0, 0.05) is 6.07 Å². The van der Waals surface area contributed by atoms with Crippen molar-refractivity contribution in [3.8, 4) is 11.5 Å². The van der Waals surface area contributed by atoms with Gasteiger partial charge in [0.15, 0.2) is 0 Å². The van der Waals surface area contributed by atoms with Gasteiger partial charge in [0.05, 0.1) is 12.2 Å². The molecule has 0 aromatic heterocycles. The second-order valence-electron chi connectivity index (χ2n) is 4.45. The Kier molecular flexibility index (Phi) is 3.22. The average molecular weight is 236 g/mol. The maximum Gasteiger partial charge on any atom is 0.339 e. The van der Waals surface area contributed by atoms with Gasteiger partial charge in [-0.1, -0.05) is 0 Å². The first-order valence-electron chi connectivity index (χ1n) is 5.77. The second-order valence-corrected chi connectivity index (χ2v) is 4.45. The summed E-state index contributed by atoms with van der Waals surface area (Å²) in [5, 5.41) is 9.05. The molecular weight excluding hydrogens is 220 g/mol. The molecule has 0 bridgehead atoms. The zero-order valence-electron chi connectivity index (χ0n) is 9.97. The fraction of sp³-hybridized carbons (Fsp3) is 0.462. The van der Waals surface area contributed by atoms with Crippen molar-refractivity contribution in [2.45, 2.75) is 38.9 Å². The van der Waals surface area contributed by atoms with Crippen molar-refractivity contribution in [3.05, 3.63) is 23.8 Å². The lowest BCUT2D eigenvalue weighted by Crippen LogP contribution is -2.08. The Labute approximate surface area is 100 Å². The van der Waals surface area contributed by atoms with E-state index in [4.69, 9.17) is 14.6 Å². The zero-order valence-corrected chi connectivity index (χ0v) is 9.97. The van der Waals surface area contributed by atoms with Crippen LogP contribution in [0, 0.1) is 0 Å². The number of hydrogen-bond acceptors (Lipinski definition) is 3. The first kappa shape index (κ1) is 11.8. The van der Waals surface area contributed by atoms with Crippen LogP contribution >= 0.6 is 0 Å². The summed E-state index contributed by atoms with van der Waals surface area (Å²) in [7, 11) is 0. The van der Waals surface area contributed by atoms with Crippen LogP contribution in [-0.4, -0.2) is 23.3 Å². The third-order valence-corrected chi connectivity index (χ3v) is 2.37. The number of carboxylic acid groups (broad SMARTS) is 1. The van der Waals surface area contributed by atoms with E-state index in [-0.39, 0.29) is 17.8 Å². The summed E-state index contributed by atoms with van der Waals surface area (Å²) in [6.45, 7) is 3.85. The molecule has 1 N–H and O–H groups in total. The molecular formula is C13H16O4. The number of carboxylic acids is 1. The molecule has 1 saturated carbocycles. The summed E-state index contributed by atoms with van der Waals surface area (Å²) >= 11 is 0. The molecule has 1 fully saturated rings. The Morgan fingerprint density at radius 3 is 2.65 bits per heavy atom. The molecule has 17 heavy (non-hydrogen) atoms. The largest absolute Gasteiger partial charge is 0.491 e. The van der Waals surface area contributed by atoms with Crippen LogP contribution in [0.4, 0.5) is 0 Å². The van der Waals surface area contributed by atoms with Crippen molar-refractivity contribution in [2.75, 3.05) is 0 Å². The molecule has 0 heterocycles. The lowest BCUT2D eigenvalue weighted by Gasteiger charge is -2.13. The highest BCUT2D eigenvalue weighted by Gasteiger charge is 2.26. The molecule has 0 amide bonds. The first-order valence-corrected chi connectivity index (χ1v) is 5.77. The fourth-order valence-corrected chi connectivity index (χ4v) is 1.49. The Morgan fingerprint density at radius 2 is 2.12 bits per heavy atom. The zero-order chi connectivity index (χ0) is 12.4. The number of benzene rings is 1. The van der Waals surface area contributed by atoms with Gasteiger partial charge in [-0.2, -0.15) is 0 Å². The van der Waals surface area contributed by atoms with Crippen molar-refractivity contribution in [2.24, 2.45) is 0 Å². The predicted molar refractivity (Wildman–Crippen MR) is 62.8 cm³/mol. The Hall–Kier alpha value is -1.71. The van der Waals surface area contributed by atoms with Crippen molar-refractivity contribution in [1.29, 1.82) is 0 Å². The van der Waals surface area contributed by atoms with Crippen LogP contribution in [0.1, 0.15) is 37.0 Å². The van der Waals surface area contributed by atoms with Gasteiger partial charge in [0.2, 0.25) is 0 Å². The third kappa shape index (κ3) is 3.12. The van der Waals surface area contributed by atoms with E-state index in [1.54, 1.807) is 12.1 Å². The minimum atomic E-state index is -0.975. The van der Waals surface area contributed by atoms with Gasteiger partial charge in [-0.3, -0.25) is 0 Å². The van der Waals surface area contributed by atoms with Crippen LogP contribution in [0.5, 0.6) is 11.5 Å². The summed E-state index contributed by atoms with van der Waals surface area (Å²) in [5.41, 5.74) is 0.188. The maximum absolute atomic E-state index is 11.0. The van der Waals surface area contributed by atoms with Crippen molar-refractivity contribution in [3.63, 3.8) is 0 Å². The van der Waals surface area contributed by atoms with Crippen LogP contribution in [0.15, 0.2) is 18.2 Å². The summed E-state index contributed by atoms with van der Waals surface area (Å²) in [6.07, 6.45) is 2.21. The van der Waals surface area contributed by atoms with E-state index in [2.05, 4.69) is 0 Å². The molecule has 1 aliphatic carbocycles. The SMILES string of the molecule is CC(C)Oc1ccc(C(=O)O)c(OC2CC2)c1. The van der Waals surface area contributed by atoms with Gasteiger partial charge in [-0.15, -0.1) is 0 Å². The summed E-state index contributed by atoms with van der Waals surface area (Å²) in [4.78, 5) is 11.0. The Morgan fingerprint density at radius 1 is 1.41 bits per heavy atom. The highest BCUT2D eigenvalue weighted by atomic mass is 16.5. The van der Waals surface area contributed by atoms with Crippen molar-refractivity contribution < 1.29 is 19.4 Å². The smallest absolute Gasteiger partial charge is 0.339 e. The minimum Gasteiger partial charge on any atom is -0.491 e. The predicted octanol–water partition coefficient (Wildman–Crippen LogP) is 2.71. The highest BCUT2D eigenvalue weighted by molar-refractivity contribution is 5.91. The molecule has 0 saturated heterocycles. The summed E-state index contributed by atoms with van der Waals surface area (Å²) in [5.74, 6) is 0.0653. The number of carbonyl (C=O) groups is 1. The van der Waals surface area contributed by atoms with E-state index in [1.165, 1.54) is 6.07 Å². The van der Waals surface area contributed by atoms with Gasteiger partial charge in [0.1, 0.15) is 17.1 Å². The number of aromatic carboxylic acids is 1. The molecule has 92 valence electrons. The van der Waals surface area contributed by atoms with Crippen LogP contribution in [0.3, 0.4) is 0 Å². The van der Waals surface area contributed by atoms with E-state index in [0.717, 1.165) is 12.8 Å². The Balaban J connectivity index is 2.24. The summed E-state index contributed by atoms with van der Waals surface area (Å²) < 4.78 is 11.1. The van der Waals surface area contributed by atoms with E-state index >= 15 is 0 Å². The number of hydrogen-bond donors (Lipinski definition) is 1. The molecule has 1 aliphatic rings. The van der Waals surface area contributed by atoms with E-state index < -0.39 is 5.97 Å². The quantitative estimate of drug-likeness (QED) is 0.854. The van der Waals surface area contributed by atoms with Crippen molar-refractivity contribution in [1.82, 2.24) is 0 Å². The molecule has 0 unspecified atom stereocenters. The average Bonchev–Trinajstić information content (AvgIpc) is 3.00. The fourth-order valence-electron chi connectivity index (χ4n) is 1.49. The number of ether oxygens (including phenoxy) is 2. The molecule has 0 radical (unpaired) electrons. The lowest BCUT2D eigenvalue weighted by atomic mass is 10.2. The summed E-state index contributed by atoms with van der Waals surface area (Å²) in [6, 6.07) is 4.84. The van der Waals surface area contributed by atoms with Gasteiger partial charge < -0.3 is 14.6 Å². The monoisotopic (exact) mass is 236 g/mol. The maximum atomic E-state index is 11.0. The Bertz CT molecular complexity index is 421. The van der Waals surface area contributed by atoms with Crippen LogP contribution in [0.2, 0.25) is 0 Å². The molecule has 4 heteroatoms. The van der Waals surface area contributed by atoms with Gasteiger partial charge >= 0.3 is 5.97 Å². The minimum absolute atomic E-state index is 0.0550. The first-order chi connectivity index (χ1) is 8.06. The van der Waals surface area contributed by atoms with Crippen molar-refractivity contribution >= 4 is 5.97 Å². The highest BCUT2D eigenvalue weighted by Crippen LogP contribution is 2.32. The normalized spacial score (nSPS) is 14.8. The van der Waals surface area contributed by atoms with E-state index in [1.807, 2.05) is 13.8 Å². The molecule has 4 nitrogen and oxygen atoms in total. The van der Waals surface area contributed by atoms with E-state index in [0.29, 0.717) is 11.5 Å².